The molecule has 3 aromatic rings. The van der Waals surface area contributed by atoms with Crippen LogP contribution in [0.4, 0.5) is 5.69 Å². The molecule has 0 saturated heterocycles. The Hall–Kier alpha value is -2.29. The number of thiazole rings is 1. The molecule has 0 atom stereocenters. The van der Waals surface area contributed by atoms with Crippen LogP contribution in [0, 0.1) is 12.3 Å². The van der Waals surface area contributed by atoms with Crippen LogP contribution in [-0.2, 0) is 4.79 Å². The Morgan fingerprint density at radius 2 is 2.14 bits per heavy atom. The van der Waals surface area contributed by atoms with Crippen LogP contribution in [0.15, 0.2) is 52.9 Å². The summed E-state index contributed by atoms with van der Waals surface area (Å²) in [6.45, 7) is 0. The number of amides is 1. The molecule has 3 nitrogen and oxygen atoms in total. The summed E-state index contributed by atoms with van der Waals surface area (Å²) in [6.07, 6.45) is 5.35. The highest BCUT2D eigenvalue weighted by atomic mass is 32.2. The lowest BCUT2D eigenvalue weighted by Crippen LogP contribution is -2.13. The van der Waals surface area contributed by atoms with E-state index >= 15 is 0 Å². The molecular weight excluding hydrogens is 312 g/mol. The molecule has 1 heterocycles. The first-order valence-electron chi connectivity index (χ1n) is 6.59. The zero-order valence-electron chi connectivity index (χ0n) is 11.6. The first-order chi connectivity index (χ1) is 10.7. The van der Waals surface area contributed by atoms with Crippen LogP contribution in [0.2, 0.25) is 0 Å². The van der Waals surface area contributed by atoms with E-state index in [1.54, 1.807) is 17.4 Å². The first-order valence-corrected chi connectivity index (χ1v) is 8.40. The third kappa shape index (κ3) is 3.48. The zero-order chi connectivity index (χ0) is 15.4. The molecule has 0 unspecified atom stereocenters. The van der Waals surface area contributed by atoms with Crippen LogP contribution < -0.4 is 5.32 Å². The number of terminal acetylenes is 1. The van der Waals surface area contributed by atoms with Crippen molar-refractivity contribution >= 4 is 44.9 Å². The SMILES string of the molecule is C#Cc1cccc(NC(=O)CSc2nc3ccccc3s2)c1. The van der Waals surface area contributed by atoms with Gasteiger partial charge in [0.25, 0.3) is 0 Å². The van der Waals surface area contributed by atoms with Gasteiger partial charge in [0, 0.05) is 11.3 Å². The molecule has 0 spiro atoms. The number of anilines is 1. The normalized spacial score (nSPS) is 10.3. The van der Waals surface area contributed by atoms with Crippen LogP contribution in [-0.4, -0.2) is 16.6 Å². The number of hydrogen-bond donors (Lipinski definition) is 1. The fourth-order valence-corrected chi connectivity index (χ4v) is 3.79. The number of nitrogens with zero attached hydrogens (tertiary/aromatic N) is 1. The standard InChI is InChI=1S/C17H12N2OS2/c1-2-12-6-5-7-13(10-12)18-16(20)11-21-17-19-14-8-3-4-9-15(14)22-17/h1,3-10H,11H2,(H,18,20). The van der Waals surface area contributed by atoms with Crippen LogP contribution in [0.3, 0.4) is 0 Å². The van der Waals surface area contributed by atoms with Crippen molar-refractivity contribution in [1.29, 1.82) is 0 Å². The Morgan fingerprint density at radius 3 is 2.95 bits per heavy atom. The molecule has 0 aliphatic heterocycles. The quantitative estimate of drug-likeness (QED) is 0.582. The number of fused-ring (bicyclic) bond motifs is 1. The second-order valence-electron chi connectivity index (χ2n) is 4.51. The summed E-state index contributed by atoms with van der Waals surface area (Å²) in [7, 11) is 0. The lowest BCUT2D eigenvalue weighted by Gasteiger charge is -2.04. The second-order valence-corrected chi connectivity index (χ2v) is 6.76. The lowest BCUT2D eigenvalue weighted by atomic mass is 10.2. The van der Waals surface area contributed by atoms with Gasteiger partial charge in [0.15, 0.2) is 4.34 Å². The molecule has 108 valence electrons. The van der Waals surface area contributed by atoms with Crippen molar-refractivity contribution in [2.75, 3.05) is 11.1 Å². The summed E-state index contributed by atoms with van der Waals surface area (Å²) in [5.74, 6) is 2.80. The van der Waals surface area contributed by atoms with Crippen LogP contribution in [0.1, 0.15) is 5.56 Å². The van der Waals surface area contributed by atoms with Crippen molar-refractivity contribution in [3.63, 3.8) is 0 Å². The molecule has 1 N–H and O–H groups in total. The van der Waals surface area contributed by atoms with Gasteiger partial charge in [0.2, 0.25) is 5.91 Å². The number of hydrogen-bond acceptors (Lipinski definition) is 4. The van der Waals surface area contributed by atoms with Gasteiger partial charge in [0.1, 0.15) is 0 Å². The van der Waals surface area contributed by atoms with Gasteiger partial charge >= 0.3 is 0 Å². The summed E-state index contributed by atoms with van der Waals surface area (Å²) in [4.78, 5) is 16.5. The van der Waals surface area contributed by atoms with E-state index in [1.807, 2.05) is 42.5 Å². The van der Waals surface area contributed by atoms with E-state index in [0.717, 1.165) is 20.1 Å². The maximum Gasteiger partial charge on any atom is 0.234 e. The van der Waals surface area contributed by atoms with Crippen molar-refractivity contribution in [1.82, 2.24) is 4.98 Å². The number of aromatic nitrogens is 1. The van der Waals surface area contributed by atoms with Crippen LogP contribution in [0.25, 0.3) is 10.2 Å². The molecular formula is C17H12N2OS2. The molecule has 0 bridgehead atoms. The maximum atomic E-state index is 12.0. The van der Waals surface area contributed by atoms with Crippen LogP contribution in [0.5, 0.6) is 0 Å². The molecule has 22 heavy (non-hydrogen) atoms. The summed E-state index contributed by atoms with van der Waals surface area (Å²) < 4.78 is 2.03. The molecule has 0 aliphatic carbocycles. The van der Waals surface area contributed by atoms with E-state index in [0.29, 0.717) is 11.4 Å². The van der Waals surface area contributed by atoms with Gasteiger partial charge in [-0.05, 0) is 30.3 Å². The Labute approximate surface area is 136 Å². The second kappa shape index (κ2) is 6.65. The Bertz CT molecular complexity index is 831. The van der Waals surface area contributed by atoms with Gasteiger partial charge in [-0.25, -0.2) is 4.98 Å². The number of benzene rings is 2. The number of thioether (sulfide) groups is 1. The number of rotatable bonds is 4. The van der Waals surface area contributed by atoms with Gasteiger partial charge in [-0.1, -0.05) is 35.9 Å². The topological polar surface area (TPSA) is 42.0 Å². The summed E-state index contributed by atoms with van der Waals surface area (Å²) in [6, 6.07) is 15.2. The molecule has 0 fully saturated rings. The van der Waals surface area contributed by atoms with E-state index in [4.69, 9.17) is 6.42 Å². The number of nitrogens with one attached hydrogen (secondary N) is 1. The molecule has 0 saturated carbocycles. The van der Waals surface area contributed by atoms with Crippen molar-refractivity contribution in [2.24, 2.45) is 0 Å². The van der Waals surface area contributed by atoms with Gasteiger partial charge in [-0.15, -0.1) is 17.8 Å². The van der Waals surface area contributed by atoms with E-state index in [-0.39, 0.29) is 5.91 Å². The first kappa shape index (κ1) is 14.6. The molecule has 1 amide bonds. The highest BCUT2D eigenvalue weighted by Crippen LogP contribution is 2.29. The van der Waals surface area contributed by atoms with Gasteiger partial charge in [0.05, 0.1) is 16.0 Å². The molecule has 0 aliphatic rings. The van der Waals surface area contributed by atoms with Gasteiger partial charge in [-0.3, -0.25) is 4.79 Å². The number of carbonyl (C=O) groups excluding carboxylic acids is 1. The lowest BCUT2D eigenvalue weighted by molar-refractivity contribution is -0.113. The Kier molecular flexibility index (Phi) is 4.42. The van der Waals surface area contributed by atoms with Gasteiger partial charge in [-0.2, -0.15) is 0 Å². The van der Waals surface area contributed by atoms with Crippen molar-refractivity contribution in [2.45, 2.75) is 4.34 Å². The summed E-state index contributed by atoms with van der Waals surface area (Å²) in [5, 5.41) is 2.84. The van der Waals surface area contributed by atoms with E-state index in [9.17, 15) is 4.79 Å². The van der Waals surface area contributed by atoms with Crippen molar-refractivity contribution in [3.8, 4) is 12.3 Å². The third-order valence-electron chi connectivity index (χ3n) is 2.91. The van der Waals surface area contributed by atoms with E-state index < -0.39 is 0 Å². The Balaban J connectivity index is 1.61. The fraction of sp³-hybridized carbons (Fsp3) is 0.0588. The maximum absolute atomic E-state index is 12.0. The molecule has 1 aromatic heterocycles. The predicted octanol–water partition coefficient (Wildman–Crippen LogP) is 4.01. The monoisotopic (exact) mass is 324 g/mol. The van der Waals surface area contributed by atoms with Crippen molar-refractivity contribution in [3.05, 3.63) is 54.1 Å². The third-order valence-corrected chi connectivity index (χ3v) is 5.09. The average Bonchev–Trinajstić information content (AvgIpc) is 2.96. The molecule has 2 aromatic carbocycles. The number of para-hydroxylation sites is 1. The van der Waals surface area contributed by atoms with Gasteiger partial charge < -0.3 is 5.32 Å². The predicted molar refractivity (Wildman–Crippen MR) is 93.4 cm³/mol. The summed E-state index contributed by atoms with van der Waals surface area (Å²) in [5.41, 5.74) is 2.43. The minimum Gasteiger partial charge on any atom is -0.325 e. The highest BCUT2D eigenvalue weighted by molar-refractivity contribution is 8.01. The minimum atomic E-state index is -0.0709. The smallest absolute Gasteiger partial charge is 0.234 e. The molecule has 5 heteroatoms. The minimum absolute atomic E-state index is 0.0709. The molecule has 3 rings (SSSR count). The average molecular weight is 324 g/mol. The van der Waals surface area contributed by atoms with E-state index in [1.165, 1.54) is 11.8 Å². The highest BCUT2D eigenvalue weighted by Gasteiger charge is 2.08. The molecule has 0 radical (unpaired) electrons. The van der Waals surface area contributed by atoms with Crippen LogP contribution >= 0.6 is 23.1 Å². The van der Waals surface area contributed by atoms with E-state index in [2.05, 4.69) is 16.2 Å². The fourth-order valence-electron chi connectivity index (χ4n) is 1.92. The largest absolute Gasteiger partial charge is 0.325 e. The summed E-state index contributed by atoms with van der Waals surface area (Å²) >= 11 is 3.04. The zero-order valence-corrected chi connectivity index (χ0v) is 13.2. The van der Waals surface area contributed by atoms with Crippen molar-refractivity contribution < 1.29 is 4.79 Å². The number of carbonyl (C=O) groups is 1. The Morgan fingerprint density at radius 1 is 1.27 bits per heavy atom.